The number of hydrogen-bond acceptors (Lipinski definition) is 5. The summed E-state index contributed by atoms with van der Waals surface area (Å²) >= 11 is 0. The van der Waals surface area contributed by atoms with Crippen LogP contribution in [0.4, 0.5) is 5.69 Å². The van der Waals surface area contributed by atoms with Gasteiger partial charge in [0.1, 0.15) is 5.75 Å². The van der Waals surface area contributed by atoms with Crippen LogP contribution in [0.3, 0.4) is 0 Å². The Balaban J connectivity index is 1.87. The van der Waals surface area contributed by atoms with E-state index in [0.29, 0.717) is 11.6 Å². The number of methoxy groups -OCH3 is 1. The molecule has 0 spiro atoms. The van der Waals surface area contributed by atoms with E-state index >= 15 is 0 Å². The van der Waals surface area contributed by atoms with Crippen LogP contribution in [-0.2, 0) is 5.79 Å². The van der Waals surface area contributed by atoms with E-state index in [0.717, 1.165) is 30.9 Å². The third-order valence-electron chi connectivity index (χ3n) is 4.49. The number of likely N-dealkylation sites (N-methyl/N-ethyl adjacent to an activating group) is 1. The number of β-amino-alcohol motifs (C(OH)–C–C–N with tert-alkyl or cyclic N) is 2. The van der Waals surface area contributed by atoms with E-state index in [1.54, 1.807) is 19.2 Å². The normalized spacial score (nSPS) is 25.0. The Morgan fingerprint density at radius 2 is 2.20 bits per heavy atom. The molecule has 2 heterocycles. The predicted octanol–water partition coefficient (Wildman–Crippen LogP) is 0.747. The summed E-state index contributed by atoms with van der Waals surface area (Å²) < 4.78 is 5.25. The summed E-state index contributed by atoms with van der Waals surface area (Å²) in [4.78, 5) is 4.40. The van der Waals surface area contributed by atoms with Crippen molar-refractivity contribution in [3.63, 3.8) is 0 Å². The van der Waals surface area contributed by atoms with Gasteiger partial charge in [-0.3, -0.25) is 0 Å². The highest BCUT2D eigenvalue weighted by Crippen LogP contribution is 2.40. The Labute approximate surface area is 119 Å². The first-order chi connectivity index (χ1) is 9.51. The molecular formula is C15H22N2O3. The van der Waals surface area contributed by atoms with Crippen LogP contribution in [-0.4, -0.2) is 54.9 Å². The van der Waals surface area contributed by atoms with Crippen molar-refractivity contribution in [1.29, 1.82) is 0 Å². The fourth-order valence-corrected chi connectivity index (χ4v) is 3.30. The minimum atomic E-state index is -1.77. The highest BCUT2D eigenvalue weighted by molar-refractivity contribution is 5.63. The molecule has 2 aliphatic heterocycles. The molecule has 0 amide bonds. The van der Waals surface area contributed by atoms with Gasteiger partial charge in [-0.1, -0.05) is 0 Å². The number of hydrogen-bond donors (Lipinski definition) is 2. The summed E-state index contributed by atoms with van der Waals surface area (Å²) in [7, 11) is 3.75. The SMILES string of the molecule is COc1ccc2c(c1)N(C[C@@H]1CCCN1C)CC2(O)O. The van der Waals surface area contributed by atoms with Crippen molar-refractivity contribution in [1.82, 2.24) is 4.90 Å². The lowest BCUT2D eigenvalue weighted by atomic mass is 10.1. The second kappa shape index (κ2) is 4.91. The minimum absolute atomic E-state index is 0.222. The second-order valence-corrected chi connectivity index (χ2v) is 5.86. The topological polar surface area (TPSA) is 56.2 Å². The standard InChI is InChI=1S/C15H22N2O3/c1-16-7-3-4-11(16)9-17-10-15(18,19)13-6-5-12(20-2)8-14(13)17/h5-6,8,11,18-19H,3-4,7,9-10H2,1-2H3/t11-/m0/s1. The Morgan fingerprint density at radius 3 is 2.85 bits per heavy atom. The molecule has 0 bridgehead atoms. The number of rotatable bonds is 3. The summed E-state index contributed by atoms with van der Waals surface area (Å²) in [5.41, 5.74) is 1.44. The molecule has 1 saturated heterocycles. The van der Waals surface area contributed by atoms with Crippen LogP contribution in [0.2, 0.25) is 0 Å². The van der Waals surface area contributed by atoms with E-state index in [1.807, 2.05) is 6.07 Å². The minimum Gasteiger partial charge on any atom is -0.497 e. The first kappa shape index (κ1) is 13.7. The zero-order valence-electron chi connectivity index (χ0n) is 12.0. The summed E-state index contributed by atoms with van der Waals surface area (Å²) in [6.07, 6.45) is 2.37. The van der Waals surface area contributed by atoms with E-state index in [-0.39, 0.29) is 6.54 Å². The van der Waals surface area contributed by atoms with Crippen molar-refractivity contribution in [3.8, 4) is 5.75 Å². The summed E-state index contributed by atoms with van der Waals surface area (Å²) in [6.45, 7) is 2.16. The van der Waals surface area contributed by atoms with Crippen molar-refractivity contribution in [2.24, 2.45) is 0 Å². The van der Waals surface area contributed by atoms with Gasteiger partial charge in [0, 0.05) is 29.9 Å². The van der Waals surface area contributed by atoms with Crippen LogP contribution in [0.25, 0.3) is 0 Å². The number of nitrogens with zero attached hydrogens (tertiary/aromatic N) is 2. The first-order valence-electron chi connectivity index (χ1n) is 7.10. The van der Waals surface area contributed by atoms with Gasteiger partial charge in [0.15, 0.2) is 0 Å². The lowest BCUT2D eigenvalue weighted by Crippen LogP contribution is -2.41. The van der Waals surface area contributed by atoms with Crippen LogP contribution in [0.15, 0.2) is 18.2 Å². The zero-order chi connectivity index (χ0) is 14.3. The van der Waals surface area contributed by atoms with Gasteiger partial charge in [0.05, 0.1) is 13.7 Å². The van der Waals surface area contributed by atoms with Gasteiger partial charge in [-0.2, -0.15) is 0 Å². The van der Waals surface area contributed by atoms with Gasteiger partial charge in [-0.15, -0.1) is 0 Å². The van der Waals surface area contributed by atoms with Crippen molar-refractivity contribution < 1.29 is 14.9 Å². The second-order valence-electron chi connectivity index (χ2n) is 5.86. The molecule has 3 rings (SSSR count). The van der Waals surface area contributed by atoms with Crippen molar-refractivity contribution in [3.05, 3.63) is 23.8 Å². The maximum absolute atomic E-state index is 10.2. The number of fused-ring (bicyclic) bond motifs is 1. The van der Waals surface area contributed by atoms with E-state index in [4.69, 9.17) is 4.74 Å². The molecule has 1 aromatic carbocycles. The smallest absolute Gasteiger partial charge is 0.210 e. The summed E-state index contributed by atoms with van der Waals surface area (Å²) in [5, 5.41) is 20.4. The van der Waals surface area contributed by atoms with Crippen molar-refractivity contribution in [2.75, 3.05) is 38.7 Å². The molecule has 2 N–H and O–H groups in total. The zero-order valence-corrected chi connectivity index (χ0v) is 12.0. The average Bonchev–Trinajstić information content (AvgIpc) is 2.92. The maximum atomic E-state index is 10.2. The first-order valence-corrected chi connectivity index (χ1v) is 7.10. The monoisotopic (exact) mass is 278 g/mol. The van der Waals surface area contributed by atoms with Gasteiger partial charge >= 0.3 is 0 Å². The predicted molar refractivity (Wildman–Crippen MR) is 77.0 cm³/mol. The third-order valence-corrected chi connectivity index (χ3v) is 4.49. The Kier molecular flexibility index (Phi) is 3.36. The molecule has 5 heteroatoms. The molecule has 5 nitrogen and oxygen atoms in total. The lowest BCUT2D eigenvalue weighted by molar-refractivity contribution is -0.154. The molecule has 0 unspecified atom stereocenters. The molecule has 2 aliphatic rings. The lowest BCUT2D eigenvalue weighted by Gasteiger charge is -2.28. The molecule has 0 saturated carbocycles. The number of anilines is 1. The fourth-order valence-electron chi connectivity index (χ4n) is 3.30. The Morgan fingerprint density at radius 1 is 1.40 bits per heavy atom. The van der Waals surface area contributed by atoms with Crippen molar-refractivity contribution >= 4 is 5.69 Å². The summed E-state index contributed by atoms with van der Waals surface area (Å²) in [5.74, 6) is -1.02. The Hall–Kier alpha value is -1.30. The molecule has 20 heavy (non-hydrogen) atoms. The summed E-state index contributed by atoms with van der Waals surface area (Å²) in [6, 6.07) is 5.87. The molecule has 0 aromatic heterocycles. The highest BCUT2D eigenvalue weighted by Gasteiger charge is 2.40. The van der Waals surface area contributed by atoms with Crippen LogP contribution in [0.5, 0.6) is 5.75 Å². The molecule has 0 radical (unpaired) electrons. The van der Waals surface area contributed by atoms with E-state index in [1.165, 1.54) is 6.42 Å². The number of aliphatic hydroxyl groups is 2. The largest absolute Gasteiger partial charge is 0.497 e. The molecule has 0 aliphatic carbocycles. The highest BCUT2D eigenvalue weighted by atomic mass is 16.5. The average molecular weight is 278 g/mol. The van der Waals surface area contributed by atoms with Gasteiger partial charge in [-0.25, -0.2) is 0 Å². The van der Waals surface area contributed by atoms with Gasteiger partial charge < -0.3 is 24.7 Å². The maximum Gasteiger partial charge on any atom is 0.210 e. The van der Waals surface area contributed by atoms with Gasteiger partial charge in [0.2, 0.25) is 5.79 Å². The number of benzene rings is 1. The molecule has 110 valence electrons. The number of likely N-dealkylation sites (tertiary alicyclic amines) is 1. The molecule has 1 atom stereocenters. The quantitative estimate of drug-likeness (QED) is 0.799. The van der Waals surface area contributed by atoms with Gasteiger partial charge in [0.25, 0.3) is 0 Å². The molecule has 1 aromatic rings. The van der Waals surface area contributed by atoms with Crippen molar-refractivity contribution in [2.45, 2.75) is 24.7 Å². The Bertz CT molecular complexity index is 504. The fraction of sp³-hybridized carbons (Fsp3) is 0.600. The van der Waals surface area contributed by atoms with Crippen LogP contribution >= 0.6 is 0 Å². The van der Waals surface area contributed by atoms with E-state index < -0.39 is 5.79 Å². The number of ether oxygens (including phenoxy) is 1. The molecular weight excluding hydrogens is 256 g/mol. The van der Waals surface area contributed by atoms with E-state index in [2.05, 4.69) is 16.8 Å². The van der Waals surface area contributed by atoms with Gasteiger partial charge in [-0.05, 0) is 38.6 Å². The third kappa shape index (κ3) is 2.26. The van der Waals surface area contributed by atoms with Crippen LogP contribution in [0.1, 0.15) is 18.4 Å². The molecule has 1 fully saturated rings. The van der Waals surface area contributed by atoms with Crippen LogP contribution < -0.4 is 9.64 Å². The van der Waals surface area contributed by atoms with Crippen LogP contribution in [0, 0.1) is 0 Å². The van der Waals surface area contributed by atoms with E-state index in [9.17, 15) is 10.2 Å².